The first-order valence-electron chi connectivity index (χ1n) is 7.90. The summed E-state index contributed by atoms with van der Waals surface area (Å²) in [4.78, 5) is 21.4. The molecule has 0 rings (SSSR count). The number of rotatable bonds is 14. The van der Waals surface area contributed by atoms with E-state index in [1.807, 2.05) is 0 Å². The number of carbonyl (C=O) groups excluding carboxylic acids is 2. The van der Waals surface area contributed by atoms with Crippen molar-refractivity contribution in [2.24, 2.45) is 0 Å². The predicted molar refractivity (Wildman–Crippen MR) is 78.1 cm³/mol. The fourth-order valence-corrected chi connectivity index (χ4v) is 1.99. The van der Waals surface area contributed by atoms with Gasteiger partial charge in [0.25, 0.3) is 0 Å². The Morgan fingerprint density at radius 2 is 1.53 bits per heavy atom. The molecule has 0 fully saturated rings. The molecule has 0 saturated heterocycles. The minimum Gasteiger partial charge on any atom is -0.466 e. The fraction of sp³-hybridized carbons (Fsp3) is 0.875. The summed E-state index contributed by atoms with van der Waals surface area (Å²) in [6.07, 6.45) is 13.5. The molecule has 0 aromatic heterocycles. The summed E-state index contributed by atoms with van der Waals surface area (Å²) in [5.41, 5.74) is 0. The molecule has 0 aromatic carbocycles. The number of esters is 1. The lowest BCUT2D eigenvalue weighted by atomic mass is 10.1. The molecule has 0 amide bonds. The standard InChI is InChI=1S/C16H30O3/c1-2-3-4-5-6-7-8-12-15-19-16(18)13-10-9-11-14-17/h14H,2-13,15H2,1H3. The Morgan fingerprint density at radius 1 is 0.895 bits per heavy atom. The van der Waals surface area contributed by atoms with E-state index in [9.17, 15) is 9.59 Å². The van der Waals surface area contributed by atoms with Crippen molar-refractivity contribution in [3.63, 3.8) is 0 Å². The van der Waals surface area contributed by atoms with Crippen LogP contribution in [0.25, 0.3) is 0 Å². The highest BCUT2D eigenvalue weighted by molar-refractivity contribution is 5.69. The largest absolute Gasteiger partial charge is 0.466 e. The average molecular weight is 270 g/mol. The van der Waals surface area contributed by atoms with Gasteiger partial charge in [0.15, 0.2) is 0 Å². The summed E-state index contributed by atoms with van der Waals surface area (Å²) in [6.45, 7) is 2.79. The van der Waals surface area contributed by atoms with E-state index in [2.05, 4.69) is 6.92 Å². The van der Waals surface area contributed by atoms with Crippen LogP contribution in [-0.4, -0.2) is 18.9 Å². The van der Waals surface area contributed by atoms with Gasteiger partial charge < -0.3 is 9.53 Å². The van der Waals surface area contributed by atoms with Gasteiger partial charge >= 0.3 is 5.97 Å². The van der Waals surface area contributed by atoms with Crippen LogP contribution < -0.4 is 0 Å². The molecule has 0 aliphatic heterocycles. The molecule has 0 spiro atoms. The molecule has 0 aliphatic carbocycles. The molecule has 19 heavy (non-hydrogen) atoms. The second-order valence-corrected chi connectivity index (χ2v) is 5.11. The molecule has 0 bridgehead atoms. The van der Waals surface area contributed by atoms with Gasteiger partial charge in [0.2, 0.25) is 0 Å². The molecule has 0 N–H and O–H groups in total. The third-order valence-corrected chi connectivity index (χ3v) is 3.21. The first-order valence-corrected chi connectivity index (χ1v) is 7.90. The minimum absolute atomic E-state index is 0.117. The number of hydrogen-bond donors (Lipinski definition) is 0. The van der Waals surface area contributed by atoms with Gasteiger partial charge in [-0.05, 0) is 19.3 Å². The highest BCUT2D eigenvalue weighted by Gasteiger charge is 2.01. The number of carbonyl (C=O) groups is 2. The first kappa shape index (κ1) is 18.1. The zero-order chi connectivity index (χ0) is 14.2. The quantitative estimate of drug-likeness (QED) is 0.266. The molecule has 0 saturated carbocycles. The molecule has 3 heteroatoms. The van der Waals surface area contributed by atoms with Gasteiger partial charge in [-0.3, -0.25) is 4.79 Å². The van der Waals surface area contributed by atoms with E-state index < -0.39 is 0 Å². The Morgan fingerprint density at radius 3 is 2.16 bits per heavy atom. The van der Waals surface area contributed by atoms with Crippen LogP contribution in [0.4, 0.5) is 0 Å². The van der Waals surface area contributed by atoms with Crippen molar-refractivity contribution in [1.82, 2.24) is 0 Å². The van der Waals surface area contributed by atoms with Crippen molar-refractivity contribution in [1.29, 1.82) is 0 Å². The zero-order valence-electron chi connectivity index (χ0n) is 12.5. The van der Waals surface area contributed by atoms with Gasteiger partial charge in [-0.15, -0.1) is 0 Å². The second kappa shape index (κ2) is 15.2. The molecule has 112 valence electrons. The predicted octanol–water partition coefficient (Wildman–Crippen LogP) is 4.43. The Hall–Kier alpha value is -0.860. The number of aldehydes is 1. The summed E-state index contributed by atoms with van der Waals surface area (Å²) in [6, 6.07) is 0. The van der Waals surface area contributed by atoms with Crippen LogP contribution in [0.1, 0.15) is 84.0 Å². The van der Waals surface area contributed by atoms with Gasteiger partial charge in [-0.25, -0.2) is 0 Å². The number of hydrogen-bond acceptors (Lipinski definition) is 3. The first-order chi connectivity index (χ1) is 9.31. The molecule has 0 aliphatic rings. The number of ether oxygens (including phenoxy) is 1. The fourth-order valence-electron chi connectivity index (χ4n) is 1.99. The Bertz CT molecular complexity index is 214. The van der Waals surface area contributed by atoms with E-state index in [0.29, 0.717) is 19.4 Å². The lowest BCUT2D eigenvalue weighted by Crippen LogP contribution is -2.05. The number of unbranched alkanes of at least 4 members (excludes halogenated alkanes) is 9. The lowest BCUT2D eigenvalue weighted by Gasteiger charge is -2.04. The maximum atomic E-state index is 11.3. The third kappa shape index (κ3) is 15.1. The minimum atomic E-state index is -0.117. The molecule has 0 radical (unpaired) electrons. The molecule has 0 aromatic rings. The van der Waals surface area contributed by atoms with E-state index in [1.165, 1.54) is 38.5 Å². The van der Waals surface area contributed by atoms with Gasteiger partial charge in [-0.2, -0.15) is 0 Å². The van der Waals surface area contributed by atoms with Crippen LogP contribution in [0, 0.1) is 0 Å². The maximum Gasteiger partial charge on any atom is 0.305 e. The van der Waals surface area contributed by atoms with Gasteiger partial charge in [0.05, 0.1) is 6.61 Å². The maximum absolute atomic E-state index is 11.3. The molecule has 3 nitrogen and oxygen atoms in total. The molecule has 0 unspecified atom stereocenters. The Balaban J connectivity index is 3.12. The van der Waals surface area contributed by atoms with Gasteiger partial charge in [-0.1, -0.05) is 51.9 Å². The normalized spacial score (nSPS) is 10.4. The topological polar surface area (TPSA) is 43.4 Å². The van der Waals surface area contributed by atoms with Crippen LogP contribution in [0.2, 0.25) is 0 Å². The van der Waals surface area contributed by atoms with E-state index in [4.69, 9.17) is 4.74 Å². The summed E-state index contributed by atoms with van der Waals surface area (Å²) < 4.78 is 5.14. The van der Waals surface area contributed by atoms with Crippen LogP contribution in [0.15, 0.2) is 0 Å². The summed E-state index contributed by atoms with van der Waals surface area (Å²) >= 11 is 0. The van der Waals surface area contributed by atoms with Crippen molar-refractivity contribution in [2.75, 3.05) is 6.61 Å². The molecule has 0 heterocycles. The second-order valence-electron chi connectivity index (χ2n) is 5.11. The van der Waals surface area contributed by atoms with Crippen LogP contribution in [0.5, 0.6) is 0 Å². The van der Waals surface area contributed by atoms with Gasteiger partial charge in [0.1, 0.15) is 6.29 Å². The third-order valence-electron chi connectivity index (χ3n) is 3.21. The van der Waals surface area contributed by atoms with E-state index in [-0.39, 0.29) is 5.97 Å². The van der Waals surface area contributed by atoms with Crippen molar-refractivity contribution in [3.8, 4) is 0 Å². The summed E-state index contributed by atoms with van der Waals surface area (Å²) in [7, 11) is 0. The van der Waals surface area contributed by atoms with Gasteiger partial charge in [0, 0.05) is 12.8 Å². The molecular weight excluding hydrogens is 240 g/mol. The van der Waals surface area contributed by atoms with E-state index in [1.54, 1.807) is 0 Å². The van der Waals surface area contributed by atoms with Crippen LogP contribution in [-0.2, 0) is 14.3 Å². The van der Waals surface area contributed by atoms with E-state index in [0.717, 1.165) is 32.0 Å². The highest BCUT2D eigenvalue weighted by Crippen LogP contribution is 2.08. The van der Waals surface area contributed by atoms with Crippen LogP contribution >= 0.6 is 0 Å². The van der Waals surface area contributed by atoms with E-state index >= 15 is 0 Å². The molecule has 0 atom stereocenters. The van der Waals surface area contributed by atoms with Crippen molar-refractivity contribution < 1.29 is 14.3 Å². The highest BCUT2D eigenvalue weighted by atomic mass is 16.5. The average Bonchev–Trinajstić information content (AvgIpc) is 2.42. The zero-order valence-corrected chi connectivity index (χ0v) is 12.5. The molecular formula is C16H30O3. The Kier molecular flexibility index (Phi) is 14.5. The SMILES string of the molecule is CCCCCCCCCCOC(=O)CCCCC=O. The monoisotopic (exact) mass is 270 g/mol. The summed E-state index contributed by atoms with van der Waals surface area (Å²) in [5, 5.41) is 0. The van der Waals surface area contributed by atoms with Crippen molar-refractivity contribution >= 4 is 12.3 Å². The summed E-state index contributed by atoms with van der Waals surface area (Å²) in [5.74, 6) is -0.117. The Labute approximate surface area is 118 Å². The van der Waals surface area contributed by atoms with Crippen LogP contribution in [0.3, 0.4) is 0 Å². The smallest absolute Gasteiger partial charge is 0.305 e. The van der Waals surface area contributed by atoms with Crippen molar-refractivity contribution in [2.45, 2.75) is 84.0 Å². The van der Waals surface area contributed by atoms with Crippen molar-refractivity contribution in [3.05, 3.63) is 0 Å². The lowest BCUT2D eigenvalue weighted by molar-refractivity contribution is -0.144.